The maximum atomic E-state index is 12.1. The van der Waals surface area contributed by atoms with Gasteiger partial charge in [0.2, 0.25) is 5.91 Å². The summed E-state index contributed by atoms with van der Waals surface area (Å²) >= 11 is 0. The molecule has 0 radical (unpaired) electrons. The molecule has 0 aliphatic carbocycles. The Balaban J connectivity index is 0.00000128. The van der Waals surface area contributed by atoms with Crippen molar-refractivity contribution in [3.05, 3.63) is 0 Å². The van der Waals surface area contributed by atoms with Crippen molar-refractivity contribution >= 4 is 18.3 Å². The van der Waals surface area contributed by atoms with Crippen LogP contribution in [0.2, 0.25) is 0 Å². The number of amides is 1. The van der Waals surface area contributed by atoms with E-state index in [1.807, 2.05) is 11.9 Å². The van der Waals surface area contributed by atoms with Gasteiger partial charge in [-0.25, -0.2) is 0 Å². The zero-order chi connectivity index (χ0) is 10.7. The fraction of sp³-hybridized carbons (Fsp3) is 0.909. The smallest absolute Gasteiger partial charge is 0.225 e. The van der Waals surface area contributed by atoms with Crippen molar-refractivity contribution in [2.24, 2.45) is 5.92 Å². The molecule has 1 unspecified atom stereocenters. The summed E-state index contributed by atoms with van der Waals surface area (Å²) < 4.78 is 5.31. The lowest BCUT2D eigenvalue weighted by molar-refractivity contribution is -0.137. The van der Waals surface area contributed by atoms with Gasteiger partial charge in [0.1, 0.15) is 0 Å². The van der Waals surface area contributed by atoms with Crippen LogP contribution in [0, 0.1) is 5.92 Å². The van der Waals surface area contributed by atoms with Gasteiger partial charge in [-0.15, -0.1) is 12.4 Å². The maximum absolute atomic E-state index is 12.1. The molecule has 4 nitrogen and oxygen atoms in total. The Labute approximate surface area is 103 Å². The monoisotopic (exact) mass is 248 g/mol. The zero-order valence-electron chi connectivity index (χ0n) is 9.78. The van der Waals surface area contributed by atoms with Gasteiger partial charge in [-0.2, -0.15) is 0 Å². The van der Waals surface area contributed by atoms with Crippen LogP contribution in [0.1, 0.15) is 19.3 Å². The number of rotatable bonds is 2. The van der Waals surface area contributed by atoms with Crippen LogP contribution in [0.15, 0.2) is 0 Å². The lowest BCUT2D eigenvalue weighted by Crippen LogP contribution is -2.44. The molecule has 2 saturated heterocycles. The number of carbonyl (C=O) groups excluding carboxylic acids is 1. The van der Waals surface area contributed by atoms with Gasteiger partial charge in [0.25, 0.3) is 0 Å². The molecule has 2 rings (SSSR count). The largest absolute Gasteiger partial charge is 0.379 e. The molecular weight excluding hydrogens is 228 g/mol. The van der Waals surface area contributed by atoms with Crippen LogP contribution >= 0.6 is 12.4 Å². The Bertz CT molecular complexity index is 226. The number of carbonyl (C=O) groups is 1. The summed E-state index contributed by atoms with van der Waals surface area (Å²) in [5.41, 5.74) is 0. The summed E-state index contributed by atoms with van der Waals surface area (Å²) in [6, 6.07) is 0.312. The van der Waals surface area contributed by atoms with E-state index in [9.17, 15) is 4.79 Å². The van der Waals surface area contributed by atoms with Crippen LogP contribution in [-0.2, 0) is 9.53 Å². The summed E-state index contributed by atoms with van der Waals surface area (Å²) in [4.78, 5) is 14.0. The van der Waals surface area contributed by atoms with Gasteiger partial charge in [-0.05, 0) is 32.4 Å². The fourth-order valence-corrected chi connectivity index (χ4v) is 2.36. The molecule has 94 valence electrons. The molecule has 0 bridgehead atoms. The predicted molar refractivity (Wildman–Crippen MR) is 64.8 cm³/mol. The first-order chi connectivity index (χ1) is 7.29. The topological polar surface area (TPSA) is 41.6 Å². The third-order valence-electron chi connectivity index (χ3n) is 3.49. The SMILES string of the molecule is CN(C(=O)C1CCNCC1)C1CCOC1.Cl. The highest BCUT2D eigenvalue weighted by atomic mass is 35.5. The van der Waals surface area contributed by atoms with E-state index in [4.69, 9.17) is 4.74 Å². The molecule has 5 heteroatoms. The number of ether oxygens (including phenoxy) is 1. The number of likely N-dealkylation sites (N-methyl/N-ethyl adjacent to an activating group) is 1. The van der Waals surface area contributed by atoms with Crippen molar-refractivity contribution in [1.29, 1.82) is 0 Å². The molecule has 2 fully saturated rings. The molecule has 0 aromatic carbocycles. The third-order valence-corrected chi connectivity index (χ3v) is 3.49. The second-order valence-electron chi connectivity index (χ2n) is 4.49. The van der Waals surface area contributed by atoms with Crippen LogP contribution < -0.4 is 5.32 Å². The molecule has 1 amide bonds. The predicted octanol–water partition coefficient (Wildman–Crippen LogP) is 0.655. The van der Waals surface area contributed by atoms with Crippen molar-refractivity contribution in [3.63, 3.8) is 0 Å². The second-order valence-corrected chi connectivity index (χ2v) is 4.49. The molecule has 0 aromatic heterocycles. The van der Waals surface area contributed by atoms with Gasteiger partial charge >= 0.3 is 0 Å². The standard InChI is InChI=1S/C11H20N2O2.ClH/c1-13(10-4-7-15-8-10)11(14)9-2-5-12-6-3-9;/h9-10,12H,2-8H2,1H3;1H. The van der Waals surface area contributed by atoms with Crippen molar-refractivity contribution in [2.75, 3.05) is 33.4 Å². The minimum atomic E-state index is 0. The van der Waals surface area contributed by atoms with Crippen LogP contribution in [0.4, 0.5) is 0 Å². The first-order valence-electron chi connectivity index (χ1n) is 5.84. The molecule has 0 aromatic rings. The van der Waals surface area contributed by atoms with Crippen LogP contribution in [0.25, 0.3) is 0 Å². The summed E-state index contributed by atoms with van der Waals surface area (Å²) in [5.74, 6) is 0.545. The van der Waals surface area contributed by atoms with E-state index >= 15 is 0 Å². The van der Waals surface area contributed by atoms with Crippen LogP contribution in [0.5, 0.6) is 0 Å². The van der Waals surface area contributed by atoms with Crippen molar-refractivity contribution in [2.45, 2.75) is 25.3 Å². The van der Waals surface area contributed by atoms with Crippen molar-refractivity contribution in [3.8, 4) is 0 Å². The van der Waals surface area contributed by atoms with Crippen molar-refractivity contribution < 1.29 is 9.53 Å². The first kappa shape index (κ1) is 13.7. The molecule has 2 heterocycles. The quantitative estimate of drug-likeness (QED) is 0.781. The number of nitrogens with one attached hydrogen (secondary N) is 1. The number of hydrogen-bond donors (Lipinski definition) is 1. The molecule has 2 aliphatic rings. The van der Waals surface area contributed by atoms with E-state index in [1.54, 1.807) is 0 Å². The van der Waals surface area contributed by atoms with E-state index in [1.165, 1.54) is 0 Å². The Morgan fingerprint density at radius 3 is 2.56 bits per heavy atom. The minimum absolute atomic E-state index is 0. The Morgan fingerprint density at radius 2 is 2.00 bits per heavy atom. The number of hydrogen-bond acceptors (Lipinski definition) is 3. The summed E-state index contributed by atoms with van der Waals surface area (Å²) in [7, 11) is 1.92. The maximum Gasteiger partial charge on any atom is 0.225 e. The molecule has 1 N–H and O–H groups in total. The summed E-state index contributed by atoms with van der Waals surface area (Å²) in [6.07, 6.45) is 2.96. The molecule has 2 aliphatic heterocycles. The third kappa shape index (κ3) is 3.09. The molecule has 1 atom stereocenters. The van der Waals surface area contributed by atoms with Crippen LogP contribution in [0.3, 0.4) is 0 Å². The highest BCUT2D eigenvalue weighted by molar-refractivity contribution is 5.85. The van der Waals surface area contributed by atoms with Crippen LogP contribution in [-0.4, -0.2) is 50.2 Å². The Hall–Kier alpha value is -0.320. The van der Waals surface area contributed by atoms with E-state index in [-0.39, 0.29) is 18.3 Å². The Kier molecular flexibility index (Phi) is 5.52. The Morgan fingerprint density at radius 1 is 1.31 bits per heavy atom. The highest BCUT2D eigenvalue weighted by Gasteiger charge is 2.29. The lowest BCUT2D eigenvalue weighted by atomic mass is 9.96. The van der Waals surface area contributed by atoms with E-state index in [2.05, 4.69) is 5.32 Å². The van der Waals surface area contributed by atoms with Gasteiger partial charge in [-0.1, -0.05) is 0 Å². The minimum Gasteiger partial charge on any atom is -0.379 e. The van der Waals surface area contributed by atoms with Gasteiger partial charge in [-0.3, -0.25) is 4.79 Å². The number of piperidine rings is 1. The highest BCUT2D eigenvalue weighted by Crippen LogP contribution is 2.18. The number of nitrogens with zero attached hydrogens (tertiary/aromatic N) is 1. The average molecular weight is 249 g/mol. The average Bonchev–Trinajstić information content (AvgIpc) is 2.82. The zero-order valence-corrected chi connectivity index (χ0v) is 10.6. The molecule has 0 spiro atoms. The van der Waals surface area contributed by atoms with Gasteiger partial charge < -0.3 is 15.0 Å². The van der Waals surface area contributed by atoms with E-state index < -0.39 is 0 Å². The van der Waals surface area contributed by atoms with Gasteiger partial charge in [0, 0.05) is 19.6 Å². The van der Waals surface area contributed by atoms with E-state index in [0.29, 0.717) is 18.6 Å². The molecular formula is C11H21ClN2O2. The van der Waals surface area contributed by atoms with E-state index in [0.717, 1.165) is 39.0 Å². The number of halogens is 1. The second kappa shape index (κ2) is 6.42. The van der Waals surface area contributed by atoms with Crippen molar-refractivity contribution in [1.82, 2.24) is 10.2 Å². The lowest BCUT2D eigenvalue weighted by Gasteiger charge is -2.30. The summed E-state index contributed by atoms with van der Waals surface area (Å²) in [5, 5.41) is 3.28. The first-order valence-corrected chi connectivity index (χ1v) is 5.84. The fourth-order valence-electron chi connectivity index (χ4n) is 2.36. The summed E-state index contributed by atoms with van der Waals surface area (Å²) in [6.45, 7) is 3.47. The molecule has 0 saturated carbocycles. The normalized spacial score (nSPS) is 26.2. The van der Waals surface area contributed by atoms with Gasteiger partial charge in [0.15, 0.2) is 0 Å². The van der Waals surface area contributed by atoms with Gasteiger partial charge in [0.05, 0.1) is 12.6 Å². The molecule has 16 heavy (non-hydrogen) atoms.